The van der Waals surface area contributed by atoms with Crippen molar-refractivity contribution in [2.45, 2.75) is 13.3 Å². The molecule has 1 aromatic carbocycles. The molecule has 2 N–H and O–H groups in total. The average Bonchev–Trinajstić information content (AvgIpc) is 2.30. The van der Waals surface area contributed by atoms with Gasteiger partial charge in [-0.05, 0) is 31.0 Å². The minimum atomic E-state index is -1.11. The van der Waals surface area contributed by atoms with Crippen molar-refractivity contribution in [1.29, 1.82) is 0 Å². The third kappa shape index (κ3) is 4.56. The highest BCUT2D eigenvalue weighted by Crippen LogP contribution is 2.10. The largest absolute Gasteiger partial charge is 0.481 e. The Labute approximate surface area is 108 Å². The van der Waals surface area contributed by atoms with E-state index in [-0.39, 0.29) is 0 Å². The Morgan fingerprint density at radius 1 is 1.35 bits per heavy atom. The number of halogens is 1. The maximum atomic E-state index is 11.3. The Bertz CT molecular complexity index is 403. The van der Waals surface area contributed by atoms with Crippen molar-refractivity contribution in [2.75, 3.05) is 6.54 Å². The second-order valence-electron chi connectivity index (χ2n) is 3.73. The summed E-state index contributed by atoms with van der Waals surface area (Å²) in [7, 11) is 0. The standard InChI is InChI=1S/C12H14BrNO3/c1-8(12(16)17)11(15)14-7-6-9-2-4-10(13)5-3-9/h2-5,8H,6-7H2,1H3,(H,14,15)(H,16,17). The Morgan fingerprint density at radius 2 is 1.94 bits per heavy atom. The maximum Gasteiger partial charge on any atom is 0.315 e. The molecule has 0 spiro atoms. The first-order valence-corrected chi connectivity index (χ1v) is 6.05. The van der Waals surface area contributed by atoms with Gasteiger partial charge in [-0.1, -0.05) is 28.1 Å². The normalized spacial score (nSPS) is 11.9. The van der Waals surface area contributed by atoms with E-state index in [9.17, 15) is 9.59 Å². The van der Waals surface area contributed by atoms with Crippen molar-refractivity contribution in [3.05, 3.63) is 34.3 Å². The molecule has 0 radical (unpaired) electrons. The highest BCUT2D eigenvalue weighted by atomic mass is 79.9. The molecule has 0 fully saturated rings. The number of carbonyl (C=O) groups is 2. The fraction of sp³-hybridized carbons (Fsp3) is 0.333. The topological polar surface area (TPSA) is 66.4 Å². The van der Waals surface area contributed by atoms with Crippen LogP contribution in [0.4, 0.5) is 0 Å². The summed E-state index contributed by atoms with van der Waals surface area (Å²) >= 11 is 3.34. The average molecular weight is 300 g/mol. The Kier molecular flexibility index (Phi) is 5.15. The van der Waals surface area contributed by atoms with E-state index in [4.69, 9.17) is 5.11 Å². The summed E-state index contributed by atoms with van der Waals surface area (Å²) in [6, 6.07) is 7.77. The van der Waals surface area contributed by atoms with Crippen LogP contribution in [0.5, 0.6) is 0 Å². The smallest absolute Gasteiger partial charge is 0.315 e. The molecule has 1 aromatic rings. The third-order valence-corrected chi connectivity index (χ3v) is 2.92. The molecular weight excluding hydrogens is 286 g/mol. The molecule has 92 valence electrons. The van der Waals surface area contributed by atoms with E-state index < -0.39 is 17.8 Å². The first-order valence-electron chi connectivity index (χ1n) is 5.25. The van der Waals surface area contributed by atoms with Crippen LogP contribution in [0.25, 0.3) is 0 Å². The number of carbonyl (C=O) groups excluding carboxylic acids is 1. The lowest BCUT2D eigenvalue weighted by Crippen LogP contribution is -2.34. The first kappa shape index (κ1) is 13.7. The van der Waals surface area contributed by atoms with Gasteiger partial charge in [0.1, 0.15) is 5.92 Å². The van der Waals surface area contributed by atoms with Crippen molar-refractivity contribution >= 4 is 27.8 Å². The Hall–Kier alpha value is -1.36. The lowest BCUT2D eigenvalue weighted by Gasteiger charge is -2.08. The molecule has 4 nitrogen and oxygen atoms in total. The summed E-state index contributed by atoms with van der Waals surface area (Å²) in [5.74, 6) is -2.55. The summed E-state index contributed by atoms with van der Waals surface area (Å²) in [6.07, 6.45) is 0.686. The van der Waals surface area contributed by atoms with Gasteiger partial charge in [0.25, 0.3) is 0 Å². The van der Waals surface area contributed by atoms with Crippen molar-refractivity contribution in [1.82, 2.24) is 5.32 Å². The molecule has 1 rings (SSSR count). The molecule has 17 heavy (non-hydrogen) atoms. The van der Waals surface area contributed by atoms with Gasteiger partial charge in [-0.15, -0.1) is 0 Å². The SMILES string of the molecule is CC(C(=O)O)C(=O)NCCc1ccc(Br)cc1. The van der Waals surface area contributed by atoms with Gasteiger partial charge in [-0.3, -0.25) is 9.59 Å². The van der Waals surface area contributed by atoms with Crippen LogP contribution in [-0.2, 0) is 16.0 Å². The highest BCUT2D eigenvalue weighted by molar-refractivity contribution is 9.10. The first-order chi connectivity index (χ1) is 8.00. The van der Waals surface area contributed by atoms with Crippen LogP contribution in [-0.4, -0.2) is 23.5 Å². The number of hydrogen-bond acceptors (Lipinski definition) is 2. The molecule has 0 aromatic heterocycles. The molecule has 1 unspecified atom stereocenters. The minimum absolute atomic E-state index is 0.443. The number of aliphatic carboxylic acids is 1. The van der Waals surface area contributed by atoms with Crippen molar-refractivity contribution in [3.8, 4) is 0 Å². The lowest BCUT2D eigenvalue weighted by atomic mass is 10.1. The van der Waals surface area contributed by atoms with Crippen LogP contribution < -0.4 is 5.32 Å². The number of carboxylic acid groups (broad SMARTS) is 1. The number of hydrogen-bond donors (Lipinski definition) is 2. The van der Waals surface area contributed by atoms with Crippen LogP contribution in [0.15, 0.2) is 28.7 Å². The molecule has 0 aliphatic carbocycles. The summed E-state index contributed by atoms with van der Waals surface area (Å²) < 4.78 is 1.00. The molecule has 0 aliphatic rings. The van der Waals surface area contributed by atoms with Crippen LogP contribution in [0.3, 0.4) is 0 Å². The van der Waals surface area contributed by atoms with Gasteiger partial charge >= 0.3 is 5.97 Å². The predicted octanol–water partition coefficient (Wildman–Crippen LogP) is 1.83. The summed E-state index contributed by atoms with van der Waals surface area (Å²) in [5.41, 5.74) is 1.09. The third-order valence-electron chi connectivity index (χ3n) is 2.39. The van der Waals surface area contributed by atoms with Crippen LogP contribution in [0, 0.1) is 5.92 Å². The van der Waals surface area contributed by atoms with Gasteiger partial charge in [0.05, 0.1) is 0 Å². The fourth-order valence-corrected chi connectivity index (χ4v) is 1.51. The number of nitrogens with one attached hydrogen (secondary N) is 1. The van der Waals surface area contributed by atoms with E-state index in [0.29, 0.717) is 13.0 Å². The van der Waals surface area contributed by atoms with Crippen LogP contribution in [0.1, 0.15) is 12.5 Å². The van der Waals surface area contributed by atoms with E-state index >= 15 is 0 Å². The van der Waals surface area contributed by atoms with E-state index in [1.807, 2.05) is 24.3 Å². The second-order valence-corrected chi connectivity index (χ2v) is 4.64. The van der Waals surface area contributed by atoms with Gasteiger partial charge in [0, 0.05) is 11.0 Å². The molecule has 5 heteroatoms. The molecule has 0 saturated carbocycles. The minimum Gasteiger partial charge on any atom is -0.481 e. The lowest BCUT2D eigenvalue weighted by molar-refractivity contribution is -0.146. The molecule has 0 aliphatic heterocycles. The molecule has 0 saturated heterocycles. The predicted molar refractivity (Wildman–Crippen MR) is 67.7 cm³/mol. The number of carboxylic acids is 1. The molecule has 1 amide bonds. The highest BCUT2D eigenvalue weighted by Gasteiger charge is 2.19. The van der Waals surface area contributed by atoms with Crippen LogP contribution in [0.2, 0.25) is 0 Å². The van der Waals surface area contributed by atoms with E-state index in [2.05, 4.69) is 21.2 Å². The zero-order valence-corrected chi connectivity index (χ0v) is 11.0. The molecule has 0 bridgehead atoms. The van der Waals surface area contributed by atoms with Gasteiger partial charge in [0.2, 0.25) is 5.91 Å². The molecule has 1 atom stereocenters. The zero-order chi connectivity index (χ0) is 12.8. The Morgan fingerprint density at radius 3 is 2.47 bits per heavy atom. The van der Waals surface area contributed by atoms with Crippen molar-refractivity contribution < 1.29 is 14.7 Å². The van der Waals surface area contributed by atoms with Gasteiger partial charge in [-0.25, -0.2) is 0 Å². The summed E-state index contributed by atoms with van der Waals surface area (Å²) in [5, 5.41) is 11.2. The summed E-state index contributed by atoms with van der Waals surface area (Å²) in [6.45, 7) is 1.81. The van der Waals surface area contributed by atoms with Crippen LogP contribution >= 0.6 is 15.9 Å². The quantitative estimate of drug-likeness (QED) is 0.815. The fourth-order valence-electron chi connectivity index (χ4n) is 1.25. The second kappa shape index (κ2) is 6.39. The number of benzene rings is 1. The van der Waals surface area contributed by atoms with E-state index in [0.717, 1.165) is 10.0 Å². The van der Waals surface area contributed by atoms with Crippen molar-refractivity contribution in [3.63, 3.8) is 0 Å². The zero-order valence-electron chi connectivity index (χ0n) is 9.44. The molecular formula is C12H14BrNO3. The van der Waals surface area contributed by atoms with Gasteiger partial charge < -0.3 is 10.4 Å². The maximum absolute atomic E-state index is 11.3. The molecule has 0 heterocycles. The number of rotatable bonds is 5. The summed E-state index contributed by atoms with van der Waals surface area (Å²) in [4.78, 5) is 21.9. The monoisotopic (exact) mass is 299 g/mol. The van der Waals surface area contributed by atoms with Gasteiger partial charge in [-0.2, -0.15) is 0 Å². The van der Waals surface area contributed by atoms with Crippen molar-refractivity contribution in [2.24, 2.45) is 5.92 Å². The number of amides is 1. The van der Waals surface area contributed by atoms with Gasteiger partial charge in [0.15, 0.2) is 0 Å². The van der Waals surface area contributed by atoms with E-state index in [1.165, 1.54) is 6.92 Å². The Balaban J connectivity index is 2.35. The van der Waals surface area contributed by atoms with E-state index in [1.54, 1.807) is 0 Å².